The monoisotopic (exact) mass is 217 g/mol. The van der Waals surface area contributed by atoms with Crippen LogP contribution in [0.4, 0.5) is 4.79 Å². The molecule has 0 spiro atoms. The minimum atomic E-state index is -1.12. The molecule has 4 heteroatoms. The van der Waals surface area contributed by atoms with Crippen LogP contribution in [-0.2, 0) is 4.74 Å². The standard InChI is InChI=1S/C11H23NO3/c1-9(2,3)11(14,10(4,5)6)7-15-8(12)13/h14H,7H2,1-6H3,(H2,12,13). The van der Waals surface area contributed by atoms with Crippen molar-refractivity contribution in [1.29, 1.82) is 0 Å². The van der Waals surface area contributed by atoms with Crippen LogP contribution in [0.3, 0.4) is 0 Å². The predicted octanol–water partition coefficient (Wildman–Crippen LogP) is 1.91. The van der Waals surface area contributed by atoms with Crippen LogP contribution in [-0.4, -0.2) is 23.4 Å². The van der Waals surface area contributed by atoms with Crippen molar-refractivity contribution < 1.29 is 14.6 Å². The SMILES string of the molecule is CC(C)(C)C(O)(COC(N)=O)C(C)(C)C. The molecule has 0 saturated carbocycles. The fourth-order valence-electron chi connectivity index (χ4n) is 1.73. The summed E-state index contributed by atoms with van der Waals surface area (Å²) in [5.41, 5.74) is 2.99. The molecule has 0 aromatic carbocycles. The van der Waals surface area contributed by atoms with E-state index in [2.05, 4.69) is 0 Å². The lowest BCUT2D eigenvalue weighted by Crippen LogP contribution is -2.56. The van der Waals surface area contributed by atoms with Crippen molar-refractivity contribution in [3.05, 3.63) is 0 Å². The minimum Gasteiger partial charge on any atom is -0.447 e. The van der Waals surface area contributed by atoms with E-state index in [1.54, 1.807) is 0 Å². The highest BCUT2D eigenvalue weighted by Gasteiger charge is 2.50. The zero-order valence-electron chi connectivity index (χ0n) is 10.5. The number of amides is 1. The van der Waals surface area contributed by atoms with Crippen LogP contribution < -0.4 is 5.73 Å². The van der Waals surface area contributed by atoms with E-state index in [1.165, 1.54) is 0 Å². The summed E-state index contributed by atoms with van der Waals surface area (Å²) in [5.74, 6) is 0. The fourth-order valence-corrected chi connectivity index (χ4v) is 1.73. The van der Waals surface area contributed by atoms with E-state index in [0.717, 1.165) is 0 Å². The number of hydrogen-bond acceptors (Lipinski definition) is 3. The third kappa shape index (κ3) is 3.09. The molecule has 1 amide bonds. The molecule has 4 nitrogen and oxygen atoms in total. The second-order valence-corrected chi connectivity index (χ2v) is 5.97. The van der Waals surface area contributed by atoms with Gasteiger partial charge >= 0.3 is 6.09 Å². The Kier molecular flexibility index (Phi) is 3.80. The molecule has 15 heavy (non-hydrogen) atoms. The Morgan fingerprint density at radius 2 is 1.47 bits per heavy atom. The topological polar surface area (TPSA) is 72.6 Å². The van der Waals surface area contributed by atoms with Gasteiger partial charge in [0.2, 0.25) is 0 Å². The summed E-state index contributed by atoms with van der Waals surface area (Å²) in [5, 5.41) is 10.6. The normalized spacial score (nSPS) is 13.8. The van der Waals surface area contributed by atoms with Gasteiger partial charge in [-0.2, -0.15) is 0 Å². The fraction of sp³-hybridized carbons (Fsp3) is 0.909. The first-order valence-corrected chi connectivity index (χ1v) is 5.06. The molecule has 0 bridgehead atoms. The highest BCUT2D eigenvalue weighted by atomic mass is 16.6. The molecular weight excluding hydrogens is 194 g/mol. The summed E-state index contributed by atoms with van der Waals surface area (Å²) in [4.78, 5) is 10.6. The van der Waals surface area contributed by atoms with Gasteiger partial charge in [-0.1, -0.05) is 41.5 Å². The number of primary amides is 1. The second kappa shape index (κ2) is 4.00. The van der Waals surface area contributed by atoms with E-state index >= 15 is 0 Å². The van der Waals surface area contributed by atoms with E-state index in [-0.39, 0.29) is 6.61 Å². The smallest absolute Gasteiger partial charge is 0.404 e. The van der Waals surface area contributed by atoms with E-state index in [4.69, 9.17) is 10.5 Å². The van der Waals surface area contributed by atoms with Crippen LogP contribution in [0.1, 0.15) is 41.5 Å². The highest BCUT2D eigenvalue weighted by Crippen LogP contribution is 2.43. The number of rotatable bonds is 2. The van der Waals surface area contributed by atoms with Gasteiger partial charge in [0.1, 0.15) is 12.2 Å². The first-order valence-electron chi connectivity index (χ1n) is 5.06. The Labute approximate surface area is 91.8 Å². The molecule has 90 valence electrons. The molecular formula is C11H23NO3. The maximum atomic E-state index is 10.6. The number of carbonyl (C=O) groups excluding carboxylic acids is 1. The third-order valence-corrected chi connectivity index (χ3v) is 2.90. The summed E-state index contributed by atoms with van der Waals surface area (Å²) >= 11 is 0. The quantitative estimate of drug-likeness (QED) is 0.742. The molecule has 0 heterocycles. The largest absolute Gasteiger partial charge is 0.447 e. The first kappa shape index (κ1) is 14.2. The molecule has 0 aromatic heterocycles. The zero-order valence-corrected chi connectivity index (χ0v) is 10.5. The van der Waals surface area contributed by atoms with Crippen LogP contribution in [0.15, 0.2) is 0 Å². The van der Waals surface area contributed by atoms with Crippen molar-refractivity contribution in [1.82, 2.24) is 0 Å². The van der Waals surface area contributed by atoms with Crippen molar-refractivity contribution in [3.8, 4) is 0 Å². The Hall–Kier alpha value is -0.770. The maximum absolute atomic E-state index is 10.6. The van der Waals surface area contributed by atoms with Crippen molar-refractivity contribution >= 4 is 6.09 Å². The van der Waals surface area contributed by atoms with Crippen molar-refractivity contribution in [2.75, 3.05) is 6.61 Å². The van der Waals surface area contributed by atoms with Gasteiger partial charge in [-0.25, -0.2) is 4.79 Å². The Morgan fingerprint density at radius 3 is 1.67 bits per heavy atom. The average molecular weight is 217 g/mol. The molecule has 3 N–H and O–H groups in total. The van der Waals surface area contributed by atoms with Crippen LogP contribution in [0.5, 0.6) is 0 Å². The van der Waals surface area contributed by atoms with E-state index in [9.17, 15) is 9.90 Å². The second-order valence-electron chi connectivity index (χ2n) is 5.97. The molecule has 0 aliphatic carbocycles. The van der Waals surface area contributed by atoms with Gasteiger partial charge in [-0.3, -0.25) is 0 Å². The minimum absolute atomic E-state index is 0.0880. The van der Waals surface area contributed by atoms with Gasteiger partial charge in [-0.15, -0.1) is 0 Å². The molecule has 0 unspecified atom stereocenters. The van der Waals surface area contributed by atoms with Gasteiger partial charge in [-0.05, 0) is 10.8 Å². The molecule has 0 radical (unpaired) electrons. The summed E-state index contributed by atoms with van der Waals surface area (Å²) in [7, 11) is 0. The Bertz CT molecular complexity index is 221. The van der Waals surface area contributed by atoms with Crippen molar-refractivity contribution in [3.63, 3.8) is 0 Å². The van der Waals surface area contributed by atoms with Crippen LogP contribution in [0.2, 0.25) is 0 Å². The maximum Gasteiger partial charge on any atom is 0.404 e. The highest BCUT2D eigenvalue weighted by molar-refractivity contribution is 5.64. The number of aliphatic hydroxyl groups is 1. The molecule has 0 saturated heterocycles. The summed E-state index contributed by atoms with van der Waals surface area (Å²) in [6, 6.07) is 0. The molecule has 0 fully saturated rings. The van der Waals surface area contributed by atoms with E-state index < -0.39 is 22.5 Å². The third-order valence-electron chi connectivity index (χ3n) is 2.90. The van der Waals surface area contributed by atoms with Gasteiger partial charge < -0.3 is 15.6 Å². The van der Waals surface area contributed by atoms with E-state index in [1.807, 2.05) is 41.5 Å². The molecule has 0 atom stereocenters. The Balaban J connectivity index is 4.98. The summed E-state index contributed by atoms with van der Waals surface area (Å²) in [6.07, 6.45) is -0.859. The van der Waals surface area contributed by atoms with Crippen LogP contribution in [0, 0.1) is 10.8 Å². The lowest BCUT2D eigenvalue weighted by molar-refractivity contribution is -0.163. The molecule has 0 aromatic rings. The lowest BCUT2D eigenvalue weighted by Gasteiger charge is -2.48. The number of hydrogen-bond donors (Lipinski definition) is 2. The summed E-state index contributed by atoms with van der Waals surface area (Å²) in [6.45, 7) is 11.3. The molecule has 0 rings (SSSR count). The number of ether oxygens (including phenoxy) is 1. The van der Waals surface area contributed by atoms with Gasteiger partial charge in [0.25, 0.3) is 0 Å². The van der Waals surface area contributed by atoms with E-state index in [0.29, 0.717) is 0 Å². The lowest BCUT2D eigenvalue weighted by atomic mass is 9.63. The molecule has 0 aliphatic heterocycles. The van der Waals surface area contributed by atoms with Crippen LogP contribution in [0.25, 0.3) is 0 Å². The average Bonchev–Trinajstić information content (AvgIpc) is 1.95. The summed E-state index contributed by atoms with van der Waals surface area (Å²) < 4.78 is 4.75. The molecule has 0 aliphatic rings. The predicted molar refractivity (Wildman–Crippen MR) is 59.4 cm³/mol. The van der Waals surface area contributed by atoms with Gasteiger partial charge in [0.15, 0.2) is 0 Å². The van der Waals surface area contributed by atoms with Crippen LogP contribution >= 0.6 is 0 Å². The Morgan fingerprint density at radius 1 is 1.13 bits per heavy atom. The van der Waals surface area contributed by atoms with Crippen molar-refractivity contribution in [2.45, 2.75) is 47.1 Å². The van der Waals surface area contributed by atoms with Gasteiger partial charge in [0, 0.05) is 0 Å². The van der Waals surface area contributed by atoms with Gasteiger partial charge in [0.05, 0.1) is 0 Å². The number of nitrogens with two attached hydrogens (primary N) is 1. The zero-order chi connectivity index (χ0) is 12.5. The number of carbonyl (C=O) groups is 1. The van der Waals surface area contributed by atoms with Crippen molar-refractivity contribution in [2.24, 2.45) is 16.6 Å². The first-order chi connectivity index (χ1) is 6.42.